The molecule has 1 fully saturated rings. The zero-order valence-electron chi connectivity index (χ0n) is 16.7. The van der Waals surface area contributed by atoms with E-state index in [0.717, 1.165) is 37.6 Å². The third-order valence-electron chi connectivity index (χ3n) is 4.65. The fourth-order valence-electron chi connectivity index (χ4n) is 3.10. The molecule has 1 aliphatic heterocycles. The molecule has 2 aromatic rings. The molecule has 1 amide bonds. The summed E-state index contributed by atoms with van der Waals surface area (Å²) in [5.41, 5.74) is 1.86. The van der Waals surface area contributed by atoms with Gasteiger partial charge in [-0.05, 0) is 36.8 Å². The van der Waals surface area contributed by atoms with Gasteiger partial charge in [0, 0.05) is 25.3 Å². The van der Waals surface area contributed by atoms with Crippen LogP contribution in [0.2, 0.25) is 0 Å². The Morgan fingerprint density at radius 1 is 1.10 bits per heavy atom. The minimum atomic E-state index is -0.784. The minimum absolute atomic E-state index is 0.117. The molecular weight excluding hydrogens is 372 g/mol. The summed E-state index contributed by atoms with van der Waals surface area (Å²) in [5.74, 6) is 0.812. The van der Waals surface area contributed by atoms with E-state index in [2.05, 4.69) is 10.2 Å². The Morgan fingerprint density at radius 3 is 2.41 bits per heavy atom. The molecule has 0 saturated carbocycles. The Morgan fingerprint density at radius 2 is 1.76 bits per heavy atom. The number of benzene rings is 2. The van der Waals surface area contributed by atoms with E-state index in [1.807, 2.05) is 43.3 Å². The number of nitrogens with one attached hydrogen (secondary N) is 1. The Kier molecular flexibility index (Phi) is 7.72. The number of carbonyl (C=O) groups excluding carboxylic acids is 1. The van der Waals surface area contributed by atoms with Gasteiger partial charge in [0.1, 0.15) is 0 Å². The van der Waals surface area contributed by atoms with Crippen LogP contribution < -0.4 is 19.7 Å². The van der Waals surface area contributed by atoms with E-state index in [-0.39, 0.29) is 19.1 Å². The number of para-hydroxylation sites is 2. The SMILES string of the molecule is CCOc1ccccc1OCC(=O)NCC(O)c1ccc(N2CCOCC2)cc1. The molecule has 1 atom stereocenters. The predicted molar refractivity (Wildman–Crippen MR) is 111 cm³/mol. The summed E-state index contributed by atoms with van der Waals surface area (Å²) in [6.07, 6.45) is -0.784. The van der Waals surface area contributed by atoms with Gasteiger partial charge < -0.3 is 29.5 Å². The standard InChI is InChI=1S/C22H28N2O5/c1-2-28-20-5-3-4-6-21(20)29-16-22(26)23-15-19(25)17-7-9-18(10-8-17)24-11-13-27-14-12-24/h3-10,19,25H,2,11-16H2,1H3,(H,23,26). The number of hydrogen-bond acceptors (Lipinski definition) is 6. The van der Waals surface area contributed by atoms with Crippen molar-refractivity contribution in [1.29, 1.82) is 0 Å². The Bertz CT molecular complexity index is 775. The molecule has 156 valence electrons. The highest BCUT2D eigenvalue weighted by molar-refractivity contribution is 5.77. The monoisotopic (exact) mass is 400 g/mol. The van der Waals surface area contributed by atoms with Gasteiger partial charge in [0.05, 0.1) is 25.9 Å². The number of aliphatic hydroxyl groups excluding tert-OH is 1. The molecule has 2 N–H and O–H groups in total. The van der Waals surface area contributed by atoms with E-state index in [1.54, 1.807) is 12.1 Å². The Hall–Kier alpha value is -2.77. The third kappa shape index (κ3) is 6.10. The lowest BCUT2D eigenvalue weighted by molar-refractivity contribution is -0.123. The molecule has 1 aliphatic rings. The number of nitrogens with zero attached hydrogens (tertiary/aromatic N) is 1. The first-order chi connectivity index (χ1) is 14.2. The topological polar surface area (TPSA) is 80.3 Å². The van der Waals surface area contributed by atoms with Crippen molar-refractivity contribution in [3.8, 4) is 11.5 Å². The van der Waals surface area contributed by atoms with Gasteiger partial charge in [-0.1, -0.05) is 24.3 Å². The summed E-state index contributed by atoms with van der Waals surface area (Å²) in [6, 6.07) is 15.0. The van der Waals surface area contributed by atoms with Gasteiger partial charge >= 0.3 is 0 Å². The molecule has 1 heterocycles. The Balaban J connectivity index is 1.45. The van der Waals surface area contributed by atoms with Crippen LogP contribution in [0.5, 0.6) is 11.5 Å². The average molecular weight is 400 g/mol. The van der Waals surface area contributed by atoms with Crippen LogP contribution in [0.25, 0.3) is 0 Å². The zero-order chi connectivity index (χ0) is 20.5. The molecule has 1 unspecified atom stereocenters. The number of amides is 1. The summed E-state index contributed by atoms with van der Waals surface area (Å²) < 4.78 is 16.4. The molecule has 3 rings (SSSR count). The maximum Gasteiger partial charge on any atom is 0.258 e. The number of ether oxygens (including phenoxy) is 3. The van der Waals surface area contributed by atoms with Gasteiger partial charge in [0.2, 0.25) is 0 Å². The first-order valence-electron chi connectivity index (χ1n) is 9.89. The van der Waals surface area contributed by atoms with Crippen LogP contribution in [0, 0.1) is 0 Å². The normalized spacial score (nSPS) is 14.9. The van der Waals surface area contributed by atoms with Crippen molar-refractivity contribution in [2.75, 3.05) is 51.0 Å². The molecule has 0 aliphatic carbocycles. The minimum Gasteiger partial charge on any atom is -0.490 e. The van der Waals surface area contributed by atoms with Crippen LogP contribution in [-0.2, 0) is 9.53 Å². The molecule has 2 aromatic carbocycles. The van der Waals surface area contributed by atoms with Crippen molar-refractivity contribution < 1.29 is 24.1 Å². The first-order valence-corrected chi connectivity index (χ1v) is 9.89. The molecule has 0 radical (unpaired) electrons. The van der Waals surface area contributed by atoms with Crippen LogP contribution in [0.3, 0.4) is 0 Å². The van der Waals surface area contributed by atoms with Crippen LogP contribution in [0.4, 0.5) is 5.69 Å². The lowest BCUT2D eigenvalue weighted by Gasteiger charge is -2.29. The smallest absolute Gasteiger partial charge is 0.258 e. The number of aliphatic hydroxyl groups is 1. The Labute approximate surface area is 171 Å². The molecule has 0 bridgehead atoms. The second-order valence-electron chi connectivity index (χ2n) is 6.68. The molecule has 0 aromatic heterocycles. The summed E-state index contributed by atoms with van der Waals surface area (Å²) >= 11 is 0. The van der Waals surface area contributed by atoms with Crippen molar-refractivity contribution in [1.82, 2.24) is 5.32 Å². The van der Waals surface area contributed by atoms with Gasteiger partial charge in [-0.2, -0.15) is 0 Å². The molecule has 29 heavy (non-hydrogen) atoms. The summed E-state index contributed by atoms with van der Waals surface area (Å²) in [4.78, 5) is 14.3. The second kappa shape index (κ2) is 10.7. The molecule has 7 heteroatoms. The van der Waals surface area contributed by atoms with Gasteiger partial charge in [-0.3, -0.25) is 4.79 Å². The second-order valence-corrected chi connectivity index (χ2v) is 6.68. The maximum absolute atomic E-state index is 12.1. The number of morpholine rings is 1. The summed E-state index contributed by atoms with van der Waals surface area (Å²) in [5, 5.41) is 13.1. The van der Waals surface area contributed by atoms with E-state index in [4.69, 9.17) is 14.2 Å². The largest absolute Gasteiger partial charge is 0.490 e. The highest BCUT2D eigenvalue weighted by Crippen LogP contribution is 2.26. The van der Waals surface area contributed by atoms with Gasteiger partial charge in [-0.25, -0.2) is 0 Å². The average Bonchev–Trinajstić information content (AvgIpc) is 2.78. The van der Waals surface area contributed by atoms with Crippen LogP contribution >= 0.6 is 0 Å². The van der Waals surface area contributed by atoms with Crippen molar-refractivity contribution in [3.05, 3.63) is 54.1 Å². The number of anilines is 1. The quantitative estimate of drug-likeness (QED) is 0.671. The van der Waals surface area contributed by atoms with E-state index < -0.39 is 6.10 Å². The molecular formula is C22H28N2O5. The van der Waals surface area contributed by atoms with E-state index in [1.165, 1.54) is 0 Å². The van der Waals surface area contributed by atoms with Crippen LogP contribution in [-0.4, -0.2) is 57.1 Å². The molecule has 1 saturated heterocycles. The van der Waals surface area contributed by atoms with Gasteiger partial charge in [0.25, 0.3) is 5.91 Å². The third-order valence-corrected chi connectivity index (χ3v) is 4.65. The number of carbonyl (C=O) groups is 1. The lowest BCUT2D eigenvalue weighted by atomic mass is 10.1. The van der Waals surface area contributed by atoms with E-state index in [0.29, 0.717) is 18.1 Å². The first kappa shape index (κ1) is 21.0. The fraction of sp³-hybridized carbons (Fsp3) is 0.409. The summed E-state index contributed by atoms with van der Waals surface area (Å²) in [7, 11) is 0. The highest BCUT2D eigenvalue weighted by atomic mass is 16.5. The molecule has 7 nitrogen and oxygen atoms in total. The van der Waals surface area contributed by atoms with Crippen molar-refractivity contribution in [2.45, 2.75) is 13.0 Å². The fourth-order valence-corrected chi connectivity index (χ4v) is 3.10. The highest BCUT2D eigenvalue weighted by Gasteiger charge is 2.14. The number of rotatable bonds is 9. The van der Waals surface area contributed by atoms with E-state index >= 15 is 0 Å². The van der Waals surface area contributed by atoms with Crippen molar-refractivity contribution in [2.24, 2.45) is 0 Å². The zero-order valence-corrected chi connectivity index (χ0v) is 16.7. The van der Waals surface area contributed by atoms with Gasteiger partial charge in [-0.15, -0.1) is 0 Å². The van der Waals surface area contributed by atoms with Crippen LogP contribution in [0.1, 0.15) is 18.6 Å². The maximum atomic E-state index is 12.1. The number of hydrogen-bond donors (Lipinski definition) is 2. The van der Waals surface area contributed by atoms with E-state index in [9.17, 15) is 9.90 Å². The van der Waals surface area contributed by atoms with Gasteiger partial charge in [0.15, 0.2) is 18.1 Å². The van der Waals surface area contributed by atoms with Crippen LogP contribution in [0.15, 0.2) is 48.5 Å². The molecule has 0 spiro atoms. The van der Waals surface area contributed by atoms with Crippen molar-refractivity contribution >= 4 is 11.6 Å². The predicted octanol–water partition coefficient (Wildman–Crippen LogP) is 2.15. The van der Waals surface area contributed by atoms with Crippen molar-refractivity contribution in [3.63, 3.8) is 0 Å². The lowest BCUT2D eigenvalue weighted by Crippen LogP contribution is -2.36. The summed E-state index contributed by atoms with van der Waals surface area (Å²) in [6.45, 7) is 5.57.